The molecule has 0 saturated heterocycles. The Morgan fingerprint density at radius 2 is 1.76 bits per heavy atom. The molecule has 0 bridgehead atoms. The van der Waals surface area contributed by atoms with Crippen LogP contribution in [0.1, 0.15) is 48.9 Å². The summed E-state index contributed by atoms with van der Waals surface area (Å²) in [5, 5.41) is 8.17. The molecule has 1 aromatic carbocycles. The van der Waals surface area contributed by atoms with Crippen molar-refractivity contribution in [3.8, 4) is 0 Å². The van der Waals surface area contributed by atoms with Crippen molar-refractivity contribution in [2.24, 2.45) is 0 Å². The lowest BCUT2D eigenvalue weighted by molar-refractivity contribution is 0.0691. The number of sulfone groups is 1. The van der Waals surface area contributed by atoms with Gasteiger partial charge >= 0.3 is 5.97 Å². The van der Waals surface area contributed by atoms with Gasteiger partial charge in [0, 0.05) is 5.02 Å². The van der Waals surface area contributed by atoms with E-state index in [4.69, 9.17) is 16.7 Å². The number of aromatic carboxylic acids is 1. The van der Waals surface area contributed by atoms with Crippen molar-refractivity contribution in [2.45, 2.75) is 48.7 Å². The maximum absolute atomic E-state index is 14.2. The molecular formula is C14H16ClFO4S. The predicted octanol–water partition coefficient (Wildman–Crippen LogP) is 3.67. The van der Waals surface area contributed by atoms with Gasteiger partial charge in [-0.15, -0.1) is 0 Å². The van der Waals surface area contributed by atoms with E-state index in [1.807, 2.05) is 0 Å². The highest BCUT2D eigenvalue weighted by molar-refractivity contribution is 7.92. The van der Waals surface area contributed by atoms with Gasteiger partial charge in [-0.2, -0.15) is 0 Å². The minimum atomic E-state index is -3.92. The number of carboxylic acid groups (broad SMARTS) is 1. The van der Waals surface area contributed by atoms with Gasteiger partial charge in [-0.25, -0.2) is 17.6 Å². The summed E-state index contributed by atoms with van der Waals surface area (Å²) in [7, 11) is -3.92. The first-order valence-corrected chi connectivity index (χ1v) is 8.72. The van der Waals surface area contributed by atoms with E-state index in [2.05, 4.69) is 0 Å². The highest BCUT2D eigenvalue weighted by atomic mass is 35.5. The average Bonchev–Trinajstić information content (AvgIpc) is 2.70. The van der Waals surface area contributed by atoms with E-state index < -0.39 is 37.3 Å². The van der Waals surface area contributed by atoms with Crippen molar-refractivity contribution in [1.29, 1.82) is 0 Å². The third-order valence-electron chi connectivity index (χ3n) is 3.78. The molecule has 1 saturated carbocycles. The van der Waals surface area contributed by atoms with Crippen LogP contribution in [0, 0.1) is 5.82 Å². The third kappa shape index (κ3) is 3.37. The molecular weight excluding hydrogens is 319 g/mol. The topological polar surface area (TPSA) is 71.4 Å². The Balaban J connectivity index is 2.51. The molecule has 0 radical (unpaired) electrons. The Bertz CT molecular complexity index is 649. The summed E-state index contributed by atoms with van der Waals surface area (Å²) in [5.41, 5.74) is -0.713. The third-order valence-corrected chi connectivity index (χ3v) is 6.26. The van der Waals surface area contributed by atoms with Crippen LogP contribution in [0.2, 0.25) is 5.02 Å². The zero-order chi connectivity index (χ0) is 15.6. The number of carboxylic acids is 1. The zero-order valence-corrected chi connectivity index (χ0v) is 12.9. The Labute approximate surface area is 127 Å². The minimum Gasteiger partial charge on any atom is -0.478 e. The van der Waals surface area contributed by atoms with Gasteiger partial charge in [-0.3, -0.25) is 0 Å². The second-order valence-electron chi connectivity index (χ2n) is 5.23. The van der Waals surface area contributed by atoms with Crippen LogP contribution in [-0.2, 0) is 9.84 Å². The van der Waals surface area contributed by atoms with Gasteiger partial charge in [0.1, 0.15) is 4.90 Å². The van der Waals surface area contributed by atoms with Crippen molar-refractivity contribution < 1.29 is 22.7 Å². The van der Waals surface area contributed by atoms with Crippen molar-refractivity contribution >= 4 is 27.4 Å². The van der Waals surface area contributed by atoms with Crippen molar-refractivity contribution in [1.82, 2.24) is 0 Å². The predicted molar refractivity (Wildman–Crippen MR) is 77.0 cm³/mol. The molecule has 0 spiro atoms. The molecule has 1 aliphatic carbocycles. The number of rotatable bonds is 3. The van der Waals surface area contributed by atoms with Crippen molar-refractivity contribution in [2.75, 3.05) is 0 Å². The van der Waals surface area contributed by atoms with Gasteiger partial charge in [0.25, 0.3) is 0 Å². The van der Waals surface area contributed by atoms with Crippen LogP contribution < -0.4 is 0 Å². The summed E-state index contributed by atoms with van der Waals surface area (Å²) in [6.45, 7) is 0. The summed E-state index contributed by atoms with van der Waals surface area (Å²) >= 11 is 5.75. The summed E-state index contributed by atoms with van der Waals surface area (Å²) in [6, 6.07) is 1.93. The molecule has 7 heteroatoms. The first-order valence-electron chi connectivity index (χ1n) is 6.80. The highest BCUT2D eigenvalue weighted by Crippen LogP contribution is 2.32. The maximum Gasteiger partial charge on any atom is 0.338 e. The van der Waals surface area contributed by atoms with E-state index in [1.54, 1.807) is 0 Å². The van der Waals surface area contributed by atoms with E-state index >= 15 is 0 Å². The Hall–Kier alpha value is -1.14. The van der Waals surface area contributed by atoms with Crippen LogP contribution in [0.3, 0.4) is 0 Å². The molecule has 1 fully saturated rings. The van der Waals surface area contributed by atoms with E-state index in [0.29, 0.717) is 12.8 Å². The van der Waals surface area contributed by atoms with E-state index in [9.17, 15) is 17.6 Å². The first-order chi connectivity index (χ1) is 9.84. The molecule has 0 aliphatic heterocycles. The number of benzene rings is 1. The maximum atomic E-state index is 14.2. The molecule has 1 aliphatic rings. The molecule has 0 aromatic heterocycles. The largest absolute Gasteiger partial charge is 0.478 e. The smallest absolute Gasteiger partial charge is 0.338 e. The fourth-order valence-electron chi connectivity index (χ4n) is 2.66. The zero-order valence-electron chi connectivity index (χ0n) is 11.3. The lowest BCUT2D eigenvalue weighted by atomic mass is 10.2. The molecule has 0 amide bonds. The lowest BCUT2D eigenvalue weighted by Crippen LogP contribution is -2.22. The number of hydrogen-bond acceptors (Lipinski definition) is 3. The van der Waals surface area contributed by atoms with Gasteiger partial charge in [0.2, 0.25) is 0 Å². The van der Waals surface area contributed by atoms with Crippen molar-refractivity contribution in [3.05, 3.63) is 28.5 Å². The van der Waals surface area contributed by atoms with Crippen LogP contribution in [0.5, 0.6) is 0 Å². The fourth-order valence-corrected chi connectivity index (χ4v) is 4.91. The van der Waals surface area contributed by atoms with Gasteiger partial charge in [-0.1, -0.05) is 37.3 Å². The van der Waals surface area contributed by atoms with E-state index in [1.165, 1.54) is 0 Å². The van der Waals surface area contributed by atoms with Crippen LogP contribution in [-0.4, -0.2) is 24.7 Å². The highest BCUT2D eigenvalue weighted by Gasteiger charge is 2.32. The van der Waals surface area contributed by atoms with Crippen molar-refractivity contribution in [3.63, 3.8) is 0 Å². The summed E-state index contributed by atoms with van der Waals surface area (Å²) in [5.74, 6) is -2.76. The fraction of sp³-hybridized carbons (Fsp3) is 0.500. The van der Waals surface area contributed by atoms with Crippen LogP contribution in [0.15, 0.2) is 17.0 Å². The molecule has 0 heterocycles. The molecule has 4 nitrogen and oxygen atoms in total. The monoisotopic (exact) mass is 334 g/mol. The molecule has 1 N–H and O–H groups in total. The molecule has 2 rings (SSSR count). The molecule has 1 aromatic rings. The second-order valence-corrected chi connectivity index (χ2v) is 7.86. The van der Waals surface area contributed by atoms with Crippen LogP contribution in [0.25, 0.3) is 0 Å². The minimum absolute atomic E-state index is 0.0963. The Morgan fingerprint density at radius 3 is 2.29 bits per heavy atom. The van der Waals surface area contributed by atoms with E-state index in [-0.39, 0.29) is 5.02 Å². The quantitative estimate of drug-likeness (QED) is 0.856. The number of carbonyl (C=O) groups is 1. The molecule has 0 unspecified atom stereocenters. The Morgan fingerprint density at radius 1 is 1.19 bits per heavy atom. The lowest BCUT2D eigenvalue weighted by Gasteiger charge is -2.16. The number of halogens is 2. The normalized spacial score (nSPS) is 17.4. The van der Waals surface area contributed by atoms with E-state index in [0.717, 1.165) is 37.8 Å². The summed E-state index contributed by atoms with van der Waals surface area (Å²) < 4.78 is 39.4. The van der Waals surface area contributed by atoms with Crippen LogP contribution >= 0.6 is 11.6 Å². The standard InChI is InChI=1S/C14H16ClFO4S/c15-9-7-11(14(17)18)13(16)12(8-9)21(19,20)10-5-3-1-2-4-6-10/h7-8,10H,1-6H2,(H,17,18). The molecule has 21 heavy (non-hydrogen) atoms. The average molecular weight is 335 g/mol. The van der Waals surface area contributed by atoms with Gasteiger partial charge in [0.05, 0.1) is 10.8 Å². The second kappa shape index (κ2) is 6.32. The van der Waals surface area contributed by atoms with Crippen LogP contribution in [0.4, 0.5) is 4.39 Å². The van der Waals surface area contributed by atoms with Gasteiger partial charge < -0.3 is 5.11 Å². The SMILES string of the molecule is O=C(O)c1cc(Cl)cc(S(=O)(=O)C2CCCCCC2)c1F. The van der Waals surface area contributed by atoms with Gasteiger partial charge in [-0.05, 0) is 25.0 Å². The number of hydrogen-bond donors (Lipinski definition) is 1. The first kappa shape index (κ1) is 16.2. The molecule has 0 atom stereocenters. The van der Waals surface area contributed by atoms with Gasteiger partial charge in [0.15, 0.2) is 15.7 Å². The molecule has 116 valence electrons. The Kier molecular flexibility index (Phi) is 4.88. The summed E-state index contributed by atoms with van der Waals surface area (Å²) in [4.78, 5) is 10.4. The summed E-state index contributed by atoms with van der Waals surface area (Å²) in [6.07, 6.45) is 4.41.